The van der Waals surface area contributed by atoms with Crippen LogP contribution in [-0.4, -0.2) is 43.6 Å². The summed E-state index contributed by atoms with van der Waals surface area (Å²) in [5, 5.41) is 27.2. The molecule has 3 rings (SSSR count). The lowest BCUT2D eigenvalue weighted by Gasteiger charge is -2.11. The summed E-state index contributed by atoms with van der Waals surface area (Å²) >= 11 is 0. The van der Waals surface area contributed by atoms with E-state index in [-0.39, 0.29) is 23.0 Å². The number of aromatic nitrogens is 3. The highest BCUT2D eigenvalue weighted by Gasteiger charge is 2.09. The molecule has 0 aliphatic carbocycles. The van der Waals surface area contributed by atoms with Crippen LogP contribution in [0.3, 0.4) is 0 Å². The van der Waals surface area contributed by atoms with Crippen molar-refractivity contribution in [1.82, 2.24) is 15.0 Å². The molecule has 154 valence electrons. The quantitative estimate of drug-likeness (QED) is 0.355. The second kappa shape index (κ2) is 9.32. The van der Waals surface area contributed by atoms with E-state index >= 15 is 0 Å². The fourth-order valence-corrected chi connectivity index (χ4v) is 2.45. The highest BCUT2D eigenvalue weighted by molar-refractivity contribution is 5.88. The summed E-state index contributed by atoms with van der Waals surface area (Å²) in [7, 11) is 0. The Bertz CT molecular complexity index is 960. The van der Waals surface area contributed by atoms with Crippen LogP contribution in [0.15, 0.2) is 48.5 Å². The Morgan fingerprint density at radius 1 is 0.733 bits per heavy atom. The van der Waals surface area contributed by atoms with Gasteiger partial charge in [-0.2, -0.15) is 15.0 Å². The van der Waals surface area contributed by atoms with Gasteiger partial charge in [0, 0.05) is 17.9 Å². The van der Waals surface area contributed by atoms with E-state index in [1.807, 2.05) is 6.92 Å². The van der Waals surface area contributed by atoms with Crippen LogP contribution in [0.25, 0.3) is 0 Å². The molecule has 0 fully saturated rings. The maximum atomic E-state index is 11.0. The molecule has 2 aromatic carbocycles. The molecule has 3 aromatic rings. The van der Waals surface area contributed by atoms with Crippen molar-refractivity contribution in [2.75, 3.05) is 22.5 Å². The summed E-state index contributed by atoms with van der Waals surface area (Å²) < 4.78 is 0. The predicted octanol–water partition coefficient (Wildman–Crippen LogP) is 3.58. The molecule has 10 nitrogen and oxygen atoms in total. The first-order valence-electron chi connectivity index (χ1n) is 9.15. The zero-order valence-electron chi connectivity index (χ0n) is 16.1. The van der Waals surface area contributed by atoms with Crippen LogP contribution in [-0.2, 0) is 0 Å². The van der Waals surface area contributed by atoms with Gasteiger partial charge in [-0.3, -0.25) is 0 Å². The Morgan fingerprint density at radius 2 is 1.13 bits per heavy atom. The van der Waals surface area contributed by atoms with Crippen molar-refractivity contribution in [2.45, 2.75) is 13.3 Å². The number of hydrogen-bond donors (Lipinski definition) is 5. The third-order valence-electron chi connectivity index (χ3n) is 3.94. The van der Waals surface area contributed by atoms with Crippen molar-refractivity contribution >= 4 is 41.2 Å². The summed E-state index contributed by atoms with van der Waals surface area (Å²) in [6, 6.07) is 12.4. The van der Waals surface area contributed by atoms with Gasteiger partial charge in [0.25, 0.3) is 0 Å². The van der Waals surface area contributed by atoms with Gasteiger partial charge in [-0.25, -0.2) is 9.59 Å². The van der Waals surface area contributed by atoms with Crippen LogP contribution >= 0.6 is 0 Å². The van der Waals surface area contributed by atoms with Gasteiger partial charge in [0.1, 0.15) is 0 Å². The van der Waals surface area contributed by atoms with Crippen molar-refractivity contribution in [2.24, 2.45) is 0 Å². The fraction of sp³-hybridized carbons (Fsp3) is 0.150. The Morgan fingerprint density at radius 3 is 1.50 bits per heavy atom. The molecule has 5 N–H and O–H groups in total. The SMILES string of the molecule is CCCNc1nc(Nc2ccc(C(=O)O)cc2)nc(Nc2ccc(C(=O)O)cc2)n1. The molecular weight excluding hydrogens is 388 g/mol. The molecule has 0 saturated heterocycles. The Balaban J connectivity index is 1.83. The van der Waals surface area contributed by atoms with Crippen LogP contribution in [0.1, 0.15) is 34.1 Å². The minimum atomic E-state index is -1.01. The molecule has 10 heteroatoms. The fourth-order valence-electron chi connectivity index (χ4n) is 2.45. The van der Waals surface area contributed by atoms with Gasteiger partial charge in [0.2, 0.25) is 17.8 Å². The largest absolute Gasteiger partial charge is 0.478 e. The van der Waals surface area contributed by atoms with Crippen LogP contribution in [0.2, 0.25) is 0 Å². The predicted molar refractivity (Wildman–Crippen MR) is 112 cm³/mol. The molecule has 0 saturated carbocycles. The van der Waals surface area contributed by atoms with Gasteiger partial charge in [0.15, 0.2) is 0 Å². The van der Waals surface area contributed by atoms with Crippen LogP contribution in [0, 0.1) is 0 Å². The number of rotatable bonds is 9. The normalized spacial score (nSPS) is 10.3. The van der Waals surface area contributed by atoms with Crippen molar-refractivity contribution in [3.63, 3.8) is 0 Å². The second-order valence-electron chi connectivity index (χ2n) is 6.25. The van der Waals surface area contributed by atoms with Crippen LogP contribution in [0.4, 0.5) is 29.2 Å². The third kappa shape index (κ3) is 5.41. The van der Waals surface area contributed by atoms with Crippen molar-refractivity contribution < 1.29 is 19.8 Å². The maximum absolute atomic E-state index is 11.0. The van der Waals surface area contributed by atoms with Crippen molar-refractivity contribution in [1.29, 1.82) is 0 Å². The lowest BCUT2D eigenvalue weighted by Crippen LogP contribution is -2.10. The van der Waals surface area contributed by atoms with E-state index in [4.69, 9.17) is 10.2 Å². The number of nitrogens with one attached hydrogen (secondary N) is 3. The van der Waals surface area contributed by atoms with E-state index in [0.717, 1.165) is 6.42 Å². The summed E-state index contributed by atoms with van der Waals surface area (Å²) in [6.07, 6.45) is 0.879. The number of benzene rings is 2. The first-order chi connectivity index (χ1) is 14.4. The molecule has 0 spiro atoms. The molecule has 0 unspecified atom stereocenters. The minimum Gasteiger partial charge on any atom is -0.478 e. The van der Waals surface area contributed by atoms with Crippen LogP contribution in [0.5, 0.6) is 0 Å². The second-order valence-corrected chi connectivity index (χ2v) is 6.25. The molecule has 0 aliphatic rings. The van der Waals surface area contributed by atoms with Gasteiger partial charge in [-0.1, -0.05) is 6.92 Å². The first-order valence-corrected chi connectivity index (χ1v) is 9.15. The standard InChI is InChI=1S/C20H20N6O4/c1-2-11-21-18-24-19(22-14-7-3-12(4-8-14)16(27)28)26-20(25-18)23-15-9-5-13(6-10-15)17(29)30/h3-10H,2,11H2,1H3,(H,27,28)(H,29,30)(H3,21,22,23,24,25,26). The van der Waals surface area contributed by atoms with Gasteiger partial charge >= 0.3 is 11.9 Å². The molecule has 0 amide bonds. The smallest absolute Gasteiger partial charge is 0.335 e. The van der Waals surface area contributed by atoms with Gasteiger partial charge < -0.3 is 26.2 Å². The number of aromatic carboxylic acids is 2. The van der Waals surface area contributed by atoms with E-state index in [0.29, 0.717) is 23.9 Å². The Hall–Kier alpha value is -4.21. The average Bonchev–Trinajstić information content (AvgIpc) is 2.73. The molecule has 1 aromatic heterocycles. The summed E-state index contributed by atoms with van der Waals surface area (Å²) in [4.78, 5) is 35.0. The zero-order valence-corrected chi connectivity index (χ0v) is 16.1. The van der Waals surface area contributed by atoms with Crippen LogP contribution < -0.4 is 16.0 Å². The van der Waals surface area contributed by atoms with E-state index in [1.54, 1.807) is 24.3 Å². The first kappa shape index (κ1) is 20.5. The van der Waals surface area contributed by atoms with Gasteiger partial charge in [0.05, 0.1) is 11.1 Å². The van der Waals surface area contributed by atoms with Gasteiger partial charge in [-0.05, 0) is 55.0 Å². The van der Waals surface area contributed by atoms with E-state index in [2.05, 4.69) is 30.9 Å². The highest BCUT2D eigenvalue weighted by Crippen LogP contribution is 2.19. The number of nitrogens with zero attached hydrogens (tertiary/aromatic N) is 3. The number of hydrogen-bond acceptors (Lipinski definition) is 8. The molecule has 30 heavy (non-hydrogen) atoms. The molecule has 0 bridgehead atoms. The molecule has 0 aliphatic heterocycles. The monoisotopic (exact) mass is 408 g/mol. The maximum Gasteiger partial charge on any atom is 0.335 e. The number of anilines is 5. The van der Waals surface area contributed by atoms with Crippen molar-refractivity contribution in [3.8, 4) is 0 Å². The zero-order chi connectivity index (χ0) is 21.5. The molecule has 0 radical (unpaired) electrons. The third-order valence-corrected chi connectivity index (χ3v) is 3.94. The summed E-state index contributed by atoms with van der Waals surface area (Å²) in [6.45, 7) is 2.68. The van der Waals surface area contributed by atoms with E-state index < -0.39 is 11.9 Å². The molecular formula is C20H20N6O4. The molecule has 0 atom stereocenters. The van der Waals surface area contributed by atoms with E-state index in [9.17, 15) is 9.59 Å². The van der Waals surface area contributed by atoms with Crippen molar-refractivity contribution in [3.05, 3.63) is 59.7 Å². The number of carboxylic acids is 2. The Kier molecular flexibility index (Phi) is 6.38. The number of carboxylic acid groups (broad SMARTS) is 2. The Labute approximate surface area is 172 Å². The highest BCUT2D eigenvalue weighted by atomic mass is 16.4. The lowest BCUT2D eigenvalue weighted by molar-refractivity contribution is 0.0686. The summed E-state index contributed by atoms with van der Waals surface area (Å²) in [5.41, 5.74) is 1.58. The average molecular weight is 408 g/mol. The minimum absolute atomic E-state index is 0.175. The van der Waals surface area contributed by atoms with Gasteiger partial charge in [-0.15, -0.1) is 0 Å². The lowest BCUT2D eigenvalue weighted by atomic mass is 10.2. The number of carbonyl (C=O) groups is 2. The molecule has 1 heterocycles. The summed E-state index contributed by atoms with van der Waals surface area (Å²) in [5.74, 6) is -1.13. The van der Waals surface area contributed by atoms with E-state index in [1.165, 1.54) is 24.3 Å². The topological polar surface area (TPSA) is 149 Å².